The smallest absolute Gasteiger partial charge is 0.339 e. The molecular weight excluding hydrogens is 356 g/mol. The van der Waals surface area contributed by atoms with Crippen molar-refractivity contribution in [2.45, 2.75) is 13.8 Å². The van der Waals surface area contributed by atoms with Gasteiger partial charge in [-0.3, -0.25) is 4.79 Å². The summed E-state index contributed by atoms with van der Waals surface area (Å²) in [6.07, 6.45) is 0. The van der Waals surface area contributed by atoms with Crippen molar-refractivity contribution in [3.63, 3.8) is 0 Å². The third-order valence-electron chi connectivity index (χ3n) is 3.98. The summed E-state index contributed by atoms with van der Waals surface area (Å²) in [5.74, 6) is -0.484. The Kier molecular flexibility index (Phi) is 5.64. The molecule has 0 bridgehead atoms. The predicted molar refractivity (Wildman–Crippen MR) is 107 cm³/mol. The summed E-state index contributed by atoms with van der Waals surface area (Å²) in [5.41, 5.74) is 3.25. The van der Waals surface area contributed by atoms with Crippen molar-refractivity contribution < 1.29 is 14.3 Å². The number of carbonyl (C=O) groups is 2. The molecule has 3 rings (SSSR count). The summed E-state index contributed by atoms with van der Waals surface area (Å²) in [7, 11) is 1.30. The van der Waals surface area contributed by atoms with Gasteiger partial charge in [-0.2, -0.15) is 0 Å². The number of nitrogens with zero attached hydrogens (tertiary/aromatic N) is 2. The lowest BCUT2D eigenvalue weighted by Gasteiger charge is -2.13. The zero-order chi connectivity index (χ0) is 20.1. The Morgan fingerprint density at radius 2 is 1.43 bits per heavy atom. The quantitative estimate of drug-likeness (QED) is 0.657. The van der Waals surface area contributed by atoms with Crippen LogP contribution in [0.25, 0.3) is 0 Å². The number of carbonyl (C=O) groups excluding carboxylic acids is 2. The van der Waals surface area contributed by atoms with Crippen LogP contribution < -0.4 is 10.6 Å². The first kappa shape index (κ1) is 19.0. The lowest BCUT2D eigenvalue weighted by atomic mass is 10.1. The van der Waals surface area contributed by atoms with Crippen molar-refractivity contribution in [2.75, 3.05) is 17.7 Å². The number of esters is 1. The largest absolute Gasteiger partial charge is 0.465 e. The molecule has 0 saturated carbocycles. The van der Waals surface area contributed by atoms with E-state index in [1.807, 2.05) is 26.0 Å². The Balaban J connectivity index is 1.89. The van der Waals surface area contributed by atoms with Gasteiger partial charge in [-0.1, -0.05) is 24.3 Å². The summed E-state index contributed by atoms with van der Waals surface area (Å²) in [6, 6.07) is 15.6. The molecule has 0 atom stereocenters. The van der Waals surface area contributed by atoms with E-state index in [1.54, 1.807) is 42.5 Å². The fourth-order valence-electron chi connectivity index (χ4n) is 2.76. The van der Waals surface area contributed by atoms with Crippen LogP contribution >= 0.6 is 0 Å². The van der Waals surface area contributed by atoms with E-state index < -0.39 is 5.97 Å². The monoisotopic (exact) mass is 376 g/mol. The van der Waals surface area contributed by atoms with Crippen molar-refractivity contribution in [3.8, 4) is 0 Å². The minimum atomic E-state index is -0.522. The van der Waals surface area contributed by atoms with Gasteiger partial charge in [-0.05, 0) is 44.2 Å². The number of hydrogen-bond acceptors (Lipinski definition) is 6. The molecule has 2 aromatic carbocycles. The Morgan fingerprint density at radius 1 is 0.857 bits per heavy atom. The van der Waals surface area contributed by atoms with Crippen LogP contribution in [-0.4, -0.2) is 29.0 Å². The molecule has 0 aliphatic carbocycles. The van der Waals surface area contributed by atoms with Gasteiger partial charge in [0.2, 0.25) is 5.95 Å². The van der Waals surface area contributed by atoms with Crippen LogP contribution in [0.4, 0.5) is 17.3 Å². The van der Waals surface area contributed by atoms with Gasteiger partial charge in [0.25, 0.3) is 5.91 Å². The lowest BCUT2D eigenvalue weighted by Crippen LogP contribution is -2.17. The standard InChI is InChI=1S/C21H20N4O3/c1-13-12-14(2)23-21(22-13)25-17-10-6-4-8-15(17)19(26)24-18-11-7-5-9-16(18)20(27)28-3/h4-12H,1-3H3,(H,24,26)(H,22,23,25). The van der Waals surface area contributed by atoms with Crippen LogP contribution in [0.15, 0.2) is 54.6 Å². The molecule has 1 amide bonds. The number of rotatable bonds is 5. The van der Waals surface area contributed by atoms with E-state index in [2.05, 4.69) is 20.6 Å². The maximum Gasteiger partial charge on any atom is 0.339 e. The van der Waals surface area contributed by atoms with E-state index in [-0.39, 0.29) is 11.5 Å². The van der Waals surface area contributed by atoms with Crippen LogP contribution in [-0.2, 0) is 4.74 Å². The van der Waals surface area contributed by atoms with Crippen molar-refractivity contribution in [1.82, 2.24) is 9.97 Å². The lowest BCUT2D eigenvalue weighted by molar-refractivity contribution is 0.0602. The topological polar surface area (TPSA) is 93.2 Å². The van der Waals surface area contributed by atoms with Gasteiger partial charge in [-0.15, -0.1) is 0 Å². The van der Waals surface area contributed by atoms with E-state index in [9.17, 15) is 9.59 Å². The molecule has 1 aromatic heterocycles. The Bertz CT molecular complexity index is 1010. The van der Waals surface area contributed by atoms with E-state index in [4.69, 9.17) is 4.74 Å². The molecule has 0 fully saturated rings. The third-order valence-corrected chi connectivity index (χ3v) is 3.98. The van der Waals surface area contributed by atoms with Gasteiger partial charge < -0.3 is 15.4 Å². The number of benzene rings is 2. The highest BCUT2D eigenvalue weighted by atomic mass is 16.5. The maximum atomic E-state index is 12.9. The molecule has 0 radical (unpaired) electrons. The minimum absolute atomic E-state index is 0.279. The van der Waals surface area contributed by atoms with E-state index >= 15 is 0 Å². The summed E-state index contributed by atoms with van der Waals surface area (Å²) in [6.45, 7) is 3.75. The number of para-hydroxylation sites is 2. The average molecular weight is 376 g/mol. The van der Waals surface area contributed by atoms with Crippen LogP contribution in [0, 0.1) is 13.8 Å². The molecule has 2 N–H and O–H groups in total. The van der Waals surface area contributed by atoms with Crippen molar-refractivity contribution in [2.24, 2.45) is 0 Å². The van der Waals surface area contributed by atoms with Crippen LogP contribution in [0.1, 0.15) is 32.1 Å². The van der Waals surface area contributed by atoms with Crippen molar-refractivity contribution in [1.29, 1.82) is 0 Å². The minimum Gasteiger partial charge on any atom is -0.465 e. The highest BCUT2D eigenvalue weighted by Gasteiger charge is 2.17. The van der Waals surface area contributed by atoms with E-state index in [0.717, 1.165) is 11.4 Å². The highest BCUT2D eigenvalue weighted by molar-refractivity contribution is 6.10. The van der Waals surface area contributed by atoms with E-state index in [0.29, 0.717) is 22.9 Å². The highest BCUT2D eigenvalue weighted by Crippen LogP contribution is 2.22. The molecule has 0 aliphatic heterocycles. The molecule has 7 heteroatoms. The number of methoxy groups -OCH3 is 1. The van der Waals surface area contributed by atoms with Crippen LogP contribution in [0.5, 0.6) is 0 Å². The summed E-state index contributed by atoms with van der Waals surface area (Å²) >= 11 is 0. The SMILES string of the molecule is COC(=O)c1ccccc1NC(=O)c1ccccc1Nc1nc(C)cc(C)n1. The Morgan fingerprint density at radius 3 is 2.07 bits per heavy atom. The number of nitrogens with one attached hydrogen (secondary N) is 2. The summed E-state index contributed by atoms with van der Waals surface area (Å²) < 4.78 is 4.77. The zero-order valence-corrected chi connectivity index (χ0v) is 15.8. The van der Waals surface area contributed by atoms with Crippen LogP contribution in [0.2, 0.25) is 0 Å². The van der Waals surface area contributed by atoms with E-state index in [1.165, 1.54) is 7.11 Å². The molecule has 0 saturated heterocycles. The van der Waals surface area contributed by atoms with Crippen molar-refractivity contribution in [3.05, 3.63) is 77.1 Å². The molecule has 3 aromatic rings. The van der Waals surface area contributed by atoms with Gasteiger partial charge in [0.1, 0.15) is 0 Å². The number of aromatic nitrogens is 2. The number of aryl methyl sites for hydroxylation is 2. The van der Waals surface area contributed by atoms with Crippen LogP contribution in [0.3, 0.4) is 0 Å². The molecule has 1 heterocycles. The van der Waals surface area contributed by atoms with Gasteiger partial charge in [-0.25, -0.2) is 14.8 Å². The summed E-state index contributed by atoms with van der Waals surface area (Å²) in [4.78, 5) is 33.5. The van der Waals surface area contributed by atoms with Crippen molar-refractivity contribution >= 4 is 29.2 Å². The molecule has 0 unspecified atom stereocenters. The van der Waals surface area contributed by atoms with Gasteiger partial charge in [0.15, 0.2) is 0 Å². The molecule has 0 spiro atoms. The number of ether oxygens (including phenoxy) is 1. The first-order valence-corrected chi connectivity index (χ1v) is 8.65. The fraction of sp³-hybridized carbons (Fsp3) is 0.143. The van der Waals surface area contributed by atoms with Gasteiger partial charge in [0.05, 0.1) is 29.6 Å². The first-order valence-electron chi connectivity index (χ1n) is 8.65. The van der Waals surface area contributed by atoms with Gasteiger partial charge in [0, 0.05) is 11.4 Å². The fourth-order valence-corrected chi connectivity index (χ4v) is 2.76. The zero-order valence-electron chi connectivity index (χ0n) is 15.8. The second-order valence-corrected chi connectivity index (χ2v) is 6.14. The average Bonchev–Trinajstić information content (AvgIpc) is 2.67. The molecule has 7 nitrogen and oxygen atoms in total. The number of hydrogen-bond donors (Lipinski definition) is 2. The second-order valence-electron chi connectivity index (χ2n) is 6.14. The molecule has 28 heavy (non-hydrogen) atoms. The number of anilines is 3. The second kappa shape index (κ2) is 8.30. The van der Waals surface area contributed by atoms with Gasteiger partial charge >= 0.3 is 5.97 Å². The Hall–Kier alpha value is -3.74. The molecule has 0 aliphatic rings. The third kappa shape index (κ3) is 4.32. The molecular formula is C21H20N4O3. The predicted octanol–water partition coefficient (Wildman–Crippen LogP) is 3.88. The maximum absolute atomic E-state index is 12.9. The number of amides is 1. The first-order chi connectivity index (χ1) is 13.5. The molecule has 142 valence electrons. The summed E-state index contributed by atoms with van der Waals surface area (Å²) in [5, 5.41) is 5.87. The Labute approximate surface area is 162 Å². The normalized spacial score (nSPS) is 10.2.